The maximum Gasteiger partial charge on any atom is 0.177 e. The van der Waals surface area contributed by atoms with E-state index in [1.54, 1.807) is 30.3 Å². The molecule has 0 saturated heterocycles. The highest BCUT2D eigenvalue weighted by molar-refractivity contribution is 9.10. The van der Waals surface area contributed by atoms with Crippen LogP contribution in [-0.2, 0) is 9.84 Å². The van der Waals surface area contributed by atoms with Crippen molar-refractivity contribution >= 4 is 42.5 Å². The molecule has 0 radical (unpaired) electrons. The van der Waals surface area contributed by atoms with Crippen LogP contribution >= 0.6 is 15.9 Å². The first-order chi connectivity index (χ1) is 9.84. The van der Waals surface area contributed by atoms with E-state index in [2.05, 4.69) is 25.9 Å². The summed E-state index contributed by atoms with van der Waals surface area (Å²) in [6, 6.07) is 10.5. The second-order valence-electron chi connectivity index (χ2n) is 4.78. The van der Waals surface area contributed by atoms with Gasteiger partial charge < -0.3 is 10.7 Å². The van der Waals surface area contributed by atoms with Crippen LogP contribution in [0.15, 0.2) is 45.8 Å². The van der Waals surface area contributed by atoms with Gasteiger partial charge in [0.15, 0.2) is 9.84 Å². The first-order valence-corrected chi connectivity index (χ1v) is 8.78. The fourth-order valence-corrected chi connectivity index (χ4v) is 3.53. The number of aromatic amines is 1. The average molecular weight is 366 g/mol. The second-order valence-corrected chi connectivity index (χ2v) is 7.68. The van der Waals surface area contributed by atoms with E-state index < -0.39 is 9.84 Å². The summed E-state index contributed by atoms with van der Waals surface area (Å²) in [4.78, 5) is 7.76. The molecule has 21 heavy (non-hydrogen) atoms. The quantitative estimate of drug-likeness (QED) is 0.683. The zero-order valence-electron chi connectivity index (χ0n) is 11.1. The van der Waals surface area contributed by atoms with E-state index in [1.807, 2.05) is 6.07 Å². The van der Waals surface area contributed by atoms with Crippen molar-refractivity contribution in [3.8, 4) is 11.4 Å². The van der Waals surface area contributed by atoms with Crippen LogP contribution in [0.5, 0.6) is 0 Å². The molecule has 0 saturated carbocycles. The topological polar surface area (TPSA) is 88.8 Å². The van der Waals surface area contributed by atoms with Crippen molar-refractivity contribution in [2.75, 3.05) is 12.0 Å². The molecule has 1 heterocycles. The van der Waals surface area contributed by atoms with Gasteiger partial charge in [-0.05, 0) is 30.3 Å². The van der Waals surface area contributed by atoms with E-state index in [0.29, 0.717) is 22.5 Å². The Morgan fingerprint density at radius 1 is 1.24 bits per heavy atom. The normalized spacial score (nSPS) is 11.9. The third kappa shape index (κ3) is 2.66. The number of aromatic nitrogens is 2. The van der Waals surface area contributed by atoms with Gasteiger partial charge in [0, 0.05) is 22.0 Å². The number of fused-ring (bicyclic) bond motifs is 1. The van der Waals surface area contributed by atoms with Gasteiger partial charge in [0.2, 0.25) is 0 Å². The fraction of sp³-hybridized carbons (Fsp3) is 0.0714. The number of rotatable bonds is 2. The lowest BCUT2D eigenvalue weighted by Crippen LogP contribution is -1.97. The molecule has 0 bridgehead atoms. The highest BCUT2D eigenvalue weighted by Gasteiger charge is 2.16. The number of imidazole rings is 1. The Morgan fingerprint density at radius 3 is 2.67 bits per heavy atom. The molecule has 0 amide bonds. The lowest BCUT2D eigenvalue weighted by Gasteiger charge is -2.00. The van der Waals surface area contributed by atoms with Gasteiger partial charge in [-0.1, -0.05) is 22.0 Å². The number of halogens is 1. The SMILES string of the molecule is CS(=O)(=O)c1cccc2[nH]c(-c3cc(N)cc(Br)c3)nc12. The number of hydrogen-bond acceptors (Lipinski definition) is 4. The maximum atomic E-state index is 11.8. The van der Waals surface area contributed by atoms with Crippen LogP contribution in [0.3, 0.4) is 0 Å². The van der Waals surface area contributed by atoms with Crippen LogP contribution in [0.1, 0.15) is 0 Å². The lowest BCUT2D eigenvalue weighted by molar-refractivity contribution is 0.602. The zero-order chi connectivity index (χ0) is 15.2. The van der Waals surface area contributed by atoms with Gasteiger partial charge in [0.25, 0.3) is 0 Å². The predicted octanol–water partition coefficient (Wildman–Crippen LogP) is 2.98. The molecular formula is C14H12BrN3O2S. The van der Waals surface area contributed by atoms with Gasteiger partial charge in [0.1, 0.15) is 11.3 Å². The number of sulfone groups is 1. The number of hydrogen-bond donors (Lipinski definition) is 2. The van der Waals surface area contributed by atoms with Crippen LogP contribution < -0.4 is 5.73 Å². The van der Waals surface area contributed by atoms with Gasteiger partial charge in [0.05, 0.1) is 10.4 Å². The number of H-pyrrole nitrogens is 1. The minimum Gasteiger partial charge on any atom is -0.399 e. The van der Waals surface area contributed by atoms with Gasteiger partial charge >= 0.3 is 0 Å². The Morgan fingerprint density at radius 2 is 2.00 bits per heavy atom. The minimum absolute atomic E-state index is 0.213. The minimum atomic E-state index is -3.33. The summed E-state index contributed by atoms with van der Waals surface area (Å²) < 4.78 is 24.5. The van der Waals surface area contributed by atoms with E-state index >= 15 is 0 Å². The van der Waals surface area contributed by atoms with Crippen LogP contribution in [-0.4, -0.2) is 24.6 Å². The molecule has 0 aliphatic carbocycles. The molecule has 7 heteroatoms. The number of nitrogen functional groups attached to an aromatic ring is 1. The summed E-state index contributed by atoms with van der Waals surface area (Å²) in [5.41, 5.74) is 8.32. The Balaban J connectivity index is 2.27. The molecule has 5 nitrogen and oxygen atoms in total. The molecule has 0 spiro atoms. The fourth-order valence-electron chi connectivity index (χ4n) is 2.19. The van der Waals surface area contributed by atoms with E-state index in [1.165, 1.54) is 6.26 Å². The third-order valence-electron chi connectivity index (χ3n) is 3.07. The van der Waals surface area contributed by atoms with Crippen molar-refractivity contribution in [1.29, 1.82) is 0 Å². The molecule has 0 aliphatic heterocycles. The third-order valence-corrected chi connectivity index (χ3v) is 4.65. The number of benzene rings is 2. The monoisotopic (exact) mass is 365 g/mol. The largest absolute Gasteiger partial charge is 0.399 e. The van der Waals surface area contributed by atoms with Gasteiger partial charge in [-0.3, -0.25) is 0 Å². The summed E-state index contributed by atoms with van der Waals surface area (Å²) >= 11 is 3.38. The Bertz CT molecular complexity index is 928. The lowest BCUT2D eigenvalue weighted by atomic mass is 10.2. The van der Waals surface area contributed by atoms with Gasteiger partial charge in [-0.25, -0.2) is 13.4 Å². The van der Waals surface area contributed by atoms with E-state index in [-0.39, 0.29) is 4.90 Å². The van der Waals surface area contributed by atoms with Gasteiger partial charge in [-0.15, -0.1) is 0 Å². The molecule has 0 atom stereocenters. The Hall–Kier alpha value is -1.86. The van der Waals surface area contributed by atoms with E-state index in [9.17, 15) is 8.42 Å². The molecule has 1 aromatic heterocycles. The summed E-state index contributed by atoms with van der Waals surface area (Å²) in [5, 5.41) is 0. The van der Waals surface area contributed by atoms with Crippen molar-refractivity contribution in [3.63, 3.8) is 0 Å². The summed E-state index contributed by atoms with van der Waals surface area (Å²) in [6.45, 7) is 0. The number of nitrogens with zero attached hydrogens (tertiary/aromatic N) is 1. The van der Waals surface area contributed by atoms with Crippen LogP contribution in [0, 0.1) is 0 Å². The van der Waals surface area contributed by atoms with Crippen molar-refractivity contribution in [2.24, 2.45) is 0 Å². The summed E-state index contributed by atoms with van der Waals surface area (Å²) in [5.74, 6) is 0.578. The van der Waals surface area contributed by atoms with Gasteiger partial charge in [-0.2, -0.15) is 0 Å². The Labute approximate surface area is 130 Å². The molecule has 3 aromatic rings. The first-order valence-electron chi connectivity index (χ1n) is 6.10. The molecule has 0 aliphatic rings. The van der Waals surface area contributed by atoms with Crippen molar-refractivity contribution < 1.29 is 8.42 Å². The molecule has 3 N–H and O–H groups in total. The number of anilines is 1. The molecule has 3 rings (SSSR count). The van der Waals surface area contributed by atoms with Crippen molar-refractivity contribution in [3.05, 3.63) is 40.9 Å². The second kappa shape index (κ2) is 4.85. The summed E-state index contributed by atoms with van der Waals surface area (Å²) in [7, 11) is -3.33. The molecule has 0 unspecified atom stereocenters. The molecule has 0 fully saturated rings. The van der Waals surface area contributed by atoms with E-state index in [0.717, 1.165) is 10.0 Å². The highest BCUT2D eigenvalue weighted by atomic mass is 79.9. The number of nitrogens with two attached hydrogens (primary N) is 1. The van der Waals surface area contributed by atoms with Crippen molar-refractivity contribution in [2.45, 2.75) is 4.90 Å². The van der Waals surface area contributed by atoms with Crippen LogP contribution in [0.25, 0.3) is 22.4 Å². The number of nitrogens with one attached hydrogen (secondary N) is 1. The average Bonchev–Trinajstić information content (AvgIpc) is 2.79. The Kier molecular flexibility index (Phi) is 3.26. The standard InChI is InChI=1S/C14H12BrN3O2S/c1-21(19,20)12-4-2-3-11-13(12)18-14(17-11)8-5-9(15)7-10(16)6-8/h2-7H,16H2,1H3,(H,17,18). The molecule has 108 valence electrons. The highest BCUT2D eigenvalue weighted by Crippen LogP contribution is 2.28. The molecular weight excluding hydrogens is 354 g/mol. The molecule has 2 aromatic carbocycles. The van der Waals surface area contributed by atoms with Crippen LogP contribution in [0.4, 0.5) is 5.69 Å². The number of para-hydroxylation sites is 1. The maximum absolute atomic E-state index is 11.8. The summed E-state index contributed by atoms with van der Waals surface area (Å²) in [6.07, 6.45) is 1.17. The zero-order valence-corrected chi connectivity index (χ0v) is 13.5. The van der Waals surface area contributed by atoms with E-state index in [4.69, 9.17) is 5.73 Å². The smallest absolute Gasteiger partial charge is 0.177 e. The predicted molar refractivity (Wildman–Crippen MR) is 86.8 cm³/mol. The van der Waals surface area contributed by atoms with Crippen LogP contribution in [0.2, 0.25) is 0 Å². The first kappa shape index (κ1) is 14.1. The van der Waals surface area contributed by atoms with Crippen molar-refractivity contribution in [1.82, 2.24) is 9.97 Å².